The van der Waals surface area contributed by atoms with Gasteiger partial charge in [-0.3, -0.25) is 4.79 Å². The van der Waals surface area contributed by atoms with Gasteiger partial charge in [0.05, 0.1) is 22.5 Å². The molecule has 0 fully saturated rings. The third-order valence-electron chi connectivity index (χ3n) is 6.79. The largest absolute Gasteiger partial charge is 0.407 e. The van der Waals surface area contributed by atoms with E-state index in [1.807, 2.05) is 30.3 Å². The van der Waals surface area contributed by atoms with Crippen molar-refractivity contribution in [2.75, 3.05) is 4.90 Å². The van der Waals surface area contributed by atoms with Crippen LogP contribution in [0.3, 0.4) is 0 Å². The summed E-state index contributed by atoms with van der Waals surface area (Å²) in [5.74, 6) is 0.112. The molecule has 5 aromatic rings. The number of pyridine rings is 1. The Hall–Kier alpha value is -5.34. The SMILES string of the molecule is C#COc1cccc2c1C(=O)NC2=Cc1ccc2cc(N(c3ccc(C)cc3)c3ccc(C)cc3)ccc2n1. The summed E-state index contributed by atoms with van der Waals surface area (Å²) in [6.45, 7) is 4.18. The van der Waals surface area contributed by atoms with Gasteiger partial charge in [0.1, 0.15) is 6.11 Å². The van der Waals surface area contributed by atoms with Gasteiger partial charge in [-0.05, 0) is 74.5 Å². The number of fused-ring (bicyclic) bond motifs is 2. The Labute approximate surface area is 227 Å². The summed E-state index contributed by atoms with van der Waals surface area (Å²) in [5.41, 5.74) is 9.05. The predicted molar refractivity (Wildman–Crippen MR) is 157 cm³/mol. The number of benzene rings is 4. The molecule has 39 heavy (non-hydrogen) atoms. The van der Waals surface area contributed by atoms with Crippen molar-refractivity contribution in [1.82, 2.24) is 10.3 Å². The number of terminal acetylenes is 1. The van der Waals surface area contributed by atoms with Crippen LogP contribution >= 0.6 is 0 Å². The molecule has 1 amide bonds. The zero-order chi connectivity index (χ0) is 26.9. The molecule has 0 radical (unpaired) electrons. The summed E-state index contributed by atoms with van der Waals surface area (Å²) >= 11 is 0. The Morgan fingerprint density at radius 2 is 1.51 bits per heavy atom. The van der Waals surface area contributed by atoms with E-state index in [1.165, 1.54) is 11.1 Å². The number of aromatic nitrogens is 1. The number of hydrogen-bond donors (Lipinski definition) is 1. The maximum Gasteiger partial charge on any atom is 0.260 e. The third-order valence-corrected chi connectivity index (χ3v) is 6.79. The first-order valence-corrected chi connectivity index (χ1v) is 12.6. The van der Waals surface area contributed by atoms with Gasteiger partial charge >= 0.3 is 0 Å². The second kappa shape index (κ2) is 9.85. The van der Waals surface area contributed by atoms with Crippen LogP contribution in [0.5, 0.6) is 5.75 Å². The van der Waals surface area contributed by atoms with Gasteiger partial charge in [0.2, 0.25) is 0 Å². The van der Waals surface area contributed by atoms with Gasteiger partial charge in [-0.15, -0.1) is 0 Å². The Morgan fingerprint density at radius 1 is 0.846 bits per heavy atom. The number of anilines is 3. The van der Waals surface area contributed by atoms with Crippen molar-refractivity contribution in [2.24, 2.45) is 0 Å². The molecule has 0 bridgehead atoms. The molecule has 4 aromatic carbocycles. The molecule has 0 spiro atoms. The highest BCUT2D eigenvalue weighted by atomic mass is 16.5. The minimum absolute atomic E-state index is 0.250. The molecule has 5 heteroatoms. The van der Waals surface area contributed by atoms with Crippen LogP contribution in [0.15, 0.2) is 97.1 Å². The number of carbonyl (C=O) groups is 1. The number of amides is 1. The fraction of sp³-hybridized carbons (Fsp3) is 0.0588. The minimum Gasteiger partial charge on any atom is -0.407 e. The smallest absolute Gasteiger partial charge is 0.260 e. The van der Waals surface area contributed by atoms with E-state index in [1.54, 1.807) is 6.07 Å². The number of aryl methyl sites for hydroxylation is 2. The second-order valence-electron chi connectivity index (χ2n) is 9.53. The topological polar surface area (TPSA) is 54.5 Å². The molecule has 1 N–H and O–H groups in total. The maximum absolute atomic E-state index is 12.6. The maximum atomic E-state index is 12.6. The van der Waals surface area contributed by atoms with E-state index in [9.17, 15) is 4.79 Å². The average Bonchev–Trinajstić information content (AvgIpc) is 3.26. The minimum atomic E-state index is -0.250. The van der Waals surface area contributed by atoms with Crippen molar-refractivity contribution in [2.45, 2.75) is 13.8 Å². The Kier molecular flexibility index (Phi) is 6.07. The number of rotatable bonds is 5. The number of carbonyl (C=O) groups excluding carboxylic acids is 1. The van der Waals surface area contributed by atoms with Crippen LogP contribution in [-0.2, 0) is 0 Å². The summed E-state index contributed by atoms with van der Waals surface area (Å²) in [6, 6.07) is 32.7. The van der Waals surface area contributed by atoms with E-state index in [0.717, 1.165) is 39.2 Å². The van der Waals surface area contributed by atoms with Crippen LogP contribution in [0.25, 0.3) is 22.7 Å². The molecule has 1 aliphatic heterocycles. The lowest BCUT2D eigenvalue weighted by molar-refractivity contribution is 0.0979. The van der Waals surface area contributed by atoms with Gasteiger partial charge < -0.3 is 15.0 Å². The lowest BCUT2D eigenvalue weighted by Crippen LogP contribution is -2.12. The van der Waals surface area contributed by atoms with E-state index >= 15 is 0 Å². The first kappa shape index (κ1) is 24.0. The predicted octanol–water partition coefficient (Wildman–Crippen LogP) is 7.53. The molecule has 0 aliphatic carbocycles. The third kappa shape index (κ3) is 4.60. The zero-order valence-electron chi connectivity index (χ0n) is 21.6. The van der Waals surface area contributed by atoms with Crippen molar-refractivity contribution in [3.63, 3.8) is 0 Å². The standard InChI is InChI=1S/C34H25N3O2/c1-4-39-32-7-5-6-29-31(36-34(38)33(29)32)21-25-13-12-24-20-28(18-19-30(24)35-25)37(26-14-8-22(2)9-15-26)27-16-10-23(3)11-17-27/h1,5-21H,2-3H3,(H,36,38). The first-order chi connectivity index (χ1) is 19.0. The molecular weight excluding hydrogens is 482 g/mol. The molecule has 188 valence electrons. The summed E-state index contributed by atoms with van der Waals surface area (Å²) < 4.78 is 5.20. The Morgan fingerprint density at radius 3 is 2.18 bits per heavy atom. The van der Waals surface area contributed by atoms with Gasteiger partial charge in [0, 0.05) is 28.0 Å². The quantitative estimate of drug-likeness (QED) is 0.250. The van der Waals surface area contributed by atoms with Gasteiger partial charge in [-0.25, -0.2) is 4.98 Å². The van der Waals surface area contributed by atoms with E-state index in [4.69, 9.17) is 16.1 Å². The van der Waals surface area contributed by atoms with E-state index in [-0.39, 0.29) is 5.91 Å². The second-order valence-corrected chi connectivity index (χ2v) is 9.53. The zero-order valence-corrected chi connectivity index (χ0v) is 21.6. The Bertz CT molecular complexity index is 1750. The number of ether oxygens (including phenoxy) is 1. The molecule has 0 unspecified atom stereocenters. The molecule has 2 heterocycles. The highest BCUT2D eigenvalue weighted by Crippen LogP contribution is 2.37. The van der Waals surface area contributed by atoms with Crippen LogP contribution in [0.1, 0.15) is 32.7 Å². The highest BCUT2D eigenvalue weighted by Gasteiger charge is 2.27. The van der Waals surface area contributed by atoms with Crippen molar-refractivity contribution < 1.29 is 9.53 Å². The van der Waals surface area contributed by atoms with Crippen molar-refractivity contribution in [3.05, 3.63) is 125 Å². The molecule has 1 aliphatic rings. The number of nitrogens with zero attached hydrogens (tertiary/aromatic N) is 2. The fourth-order valence-electron chi connectivity index (χ4n) is 4.84. The van der Waals surface area contributed by atoms with Gasteiger partial charge in [0.25, 0.3) is 5.91 Å². The highest BCUT2D eigenvalue weighted by molar-refractivity contribution is 6.13. The van der Waals surface area contributed by atoms with Gasteiger partial charge in [-0.2, -0.15) is 0 Å². The Balaban J connectivity index is 1.38. The van der Waals surface area contributed by atoms with Crippen molar-refractivity contribution in [1.29, 1.82) is 0 Å². The normalized spacial score (nSPS) is 13.2. The molecule has 1 aromatic heterocycles. The average molecular weight is 508 g/mol. The van der Waals surface area contributed by atoms with Gasteiger partial charge in [0.15, 0.2) is 5.75 Å². The lowest BCUT2D eigenvalue weighted by atomic mass is 10.1. The molecule has 0 atom stereocenters. The lowest BCUT2D eigenvalue weighted by Gasteiger charge is -2.26. The van der Waals surface area contributed by atoms with E-state index in [0.29, 0.717) is 17.0 Å². The van der Waals surface area contributed by atoms with Gasteiger partial charge in [-0.1, -0.05) is 60.0 Å². The number of nitrogens with one attached hydrogen (secondary N) is 1. The van der Waals surface area contributed by atoms with E-state index < -0.39 is 0 Å². The molecular formula is C34H25N3O2. The number of hydrogen-bond acceptors (Lipinski definition) is 4. The van der Waals surface area contributed by atoms with Crippen LogP contribution in [0.2, 0.25) is 0 Å². The molecule has 6 rings (SSSR count). The summed E-state index contributed by atoms with van der Waals surface area (Å²) in [5, 5.41) is 3.92. The van der Waals surface area contributed by atoms with Crippen LogP contribution in [0, 0.1) is 26.4 Å². The molecule has 0 saturated carbocycles. The molecule has 0 saturated heterocycles. The summed E-state index contributed by atoms with van der Waals surface area (Å²) in [4.78, 5) is 19.7. The van der Waals surface area contributed by atoms with Crippen LogP contribution in [-0.4, -0.2) is 10.9 Å². The first-order valence-electron chi connectivity index (χ1n) is 12.6. The summed E-state index contributed by atoms with van der Waals surface area (Å²) in [7, 11) is 0. The summed E-state index contributed by atoms with van der Waals surface area (Å²) in [6.07, 6.45) is 9.29. The monoisotopic (exact) mass is 507 g/mol. The van der Waals surface area contributed by atoms with E-state index in [2.05, 4.69) is 96.9 Å². The van der Waals surface area contributed by atoms with Crippen molar-refractivity contribution >= 4 is 45.6 Å². The molecule has 5 nitrogen and oxygen atoms in total. The van der Waals surface area contributed by atoms with Crippen LogP contribution in [0.4, 0.5) is 17.1 Å². The fourth-order valence-corrected chi connectivity index (χ4v) is 4.84. The van der Waals surface area contributed by atoms with Crippen LogP contribution < -0.4 is 15.0 Å². The van der Waals surface area contributed by atoms with Crippen molar-refractivity contribution in [3.8, 4) is 18.3 Å².